The predicted molar refractivity (Wildman–Crippen MR) is 73.4 cm³/mol. The highest BCUT2D eigenvalue weighted by Crippen LogP contribution is 2.18. The summed E-state index contributed by atoms with van der Waals surface area (Å²) in [6.07, 6.45) is 5.15. The minimum absolute atomic E-state index is 0.0395. The summed E-state index contributed by atoms with van der Waals surface area (Å²) in [6.45, 7) is 6.93. The number of rotatable bonds is 4. The first-order valence-electron chi connectivity index (χ1n) is 7.11. The number of amides is 1. The monoisotopic (exact) mass is 256 g/mol. The van der Waals surface area contributed by atoms with E-state index >= 15 is 0 Å². The Hall–Kier alpha value is -0.610. The first-order chi connectivity index (χ1) is 8.38. The molecule has 0 aromatic rings. The quantitative estimate of drug-likeness (QED) is 0.669. The molecule has 0 heterocycles. The molecule has 0 bridgehead atoms. The molecule has 0 aliphatic heterocycles. The smallest absolute Gasteiger partial charge is 0.221 e. The molecule has 1 fully saturated rings. The van der Waals surface area contributed by atoms with Crippen LogP contribution in [0.4, 0.5) is 0 Å². The van der Waals surface area contributed by atoms with Gasteiger partial charge in [0.15, 0.2) is 0 Å². The summed E-state index contributed by atoms with van der Waals surface area (Å²) < 4.78 is 0. The van der Waals surface area contributed by atoms with E-state index < -0.39 is 0 Å². The van der Waals surface area contributed by atoms with Crippen LogP contribution in [0.3, 0.4) is 0 Å². The average molecular weight is 256 g/mol. The van der Waals surface area contributed by atoms with Crippen molar-refractivity contribution in [1.29, 1.82) is 0 Å². The van der Waals surface area contributed by atoms with Crippen LogP contribution in [0.1, 0.15) is 59.3 Å². The SMILES string of the molecule is CC(C)(C)NCCC(=O)NC1CCCCCC1O. The summed E-state index contributed by atoms with van der Waals surface area (Å²) in [5.41, 5.74) is 0.0438. The van der Waals surface area contributed by atoms with E-state index in [0.29, 0.717) is 13.0 Å². The molecule has 1 aliphatic carbocycles. The highest BCUT2D eigenvalue weighted by Gasteiger charge is 2.23. The largest absolute Gasteiger partial charge is 0.391 e. The van der Waals surface area contributed by atoms with Crippen molar-refractivity contribution in [2.45, 2.75) is 77.0 Å². The van der Waals surface area contributed by atoms with Crippen LogP contribution in [-0.4, -0.2) is 35.2 Å². The molecule has 2 unspecified atom stereocenters. The molecule has 0 radical (unpaired) electrons. The summed E-state index contributed by atoms with van der Waals surface area (Å²) >= 11 is 0. The maximum Gasteiger partial charge on any atom is 0.221 e. The van der Waals surface area contributed by atoms with Crippen LogP contribution < -0.4 is 10.6 Å². The fraction of sp³-hybridized carbons (Fsp3) is 0.929. The van der Waals surface area contributed by atoms with E-state index in [1.54, 1.807) is 0 Å². The lowest BCUT2D eigenvalue weighted by Crippen LogP contribution is -2.44. The van der Waals surface area contributed by atoms with Crippen LogP contribution in [0, 0.1) is 0 Å². The van der Waals surface area contributed by atoms with Gasteiger partial charge in [0.25, 0.3) is 0 Å². The van der Waals surface area contributed by atoms with Crippen LogP contribution in [0.5, 0.6) is 0 Å². The van der Waals surface area contributed by atoms with Crippen molar-refractivity contribution < 1.29 is 9.90 Å². The molecule has 1 amide bonds. The molecule has 4 nitrogen and oxygen atoms in total. The number of hydrogen-bond acceptors (Lipinski definition) is 3. The molecule has 0 saturated heterocycles. The minimum Gasteiger partial charge on any atom is -0.391 e. The van der Waals surface area contributed by atoms with Gasteiger partial charge < -0.3 is 15.7 Å². The summed E-state index contributed by atoms with van der Waals surface area (Å²) in [6, 6.07) is -0.0466. The Morgan fingerprint density at radius 3 is 2.56 bits per heavy atom. The van der Waals surface area contributed by atoms with E-state index in [4.69, 9.17) is 0 Å². The van der Waals surface area contributed by atoms with Crippen LogP contribution in [0.2, 0.25) is 0 Å². The van der Waals surface area contributed by atoms with Crippen LogP contribution in [0.25, 0.3) is 0 Å². The third-order valence-corrected chi connectivity index (χ3v) is 3.33. The molecule has 0 aromatic heterocycles. The molecule has 18 heavy (non-hydrogen) atoms. The van der Waals surface area contributed by atoms with Gasteiger partial charge in [0.2, 0.25) is 5.91 Å². The molecule has 0 spiro atoms. The molecular weight excluding hydrogens is 228 g/mol. The molecule has 0 aromatic carbocycles. The predicted octanol–water partition coefficient (Wildman–Crippen LogP) is 1.57. The van der Waals surface area contributed by atoms with Gasteiger partial charge in [-0.1, -0.05) is 19.3 Å². The molecule has 1 aliphatic rings. The van der Waals surface area contributed by atoms with Crippen molar-refractivity contribution in [3.05, 3.63) is 0 Å². The second-order valence-corrected chi connectivity index (χ2v) is 6.31. The Morgan fingerprint density at radius 1 is 1.22 bits per heavy atom. The summed E-state index contributed by atoms with van der Waals surface area (Å²) in [4.78, 5) is 11.8. The van der Waals surface area contributed by atoms with Gasteiger partial charge in [-0.05, 0) is 33.6 Å². The van der Waals surface area contributed by atoms with Crippen molar-refractivity contribution in [2.75, 3.05) is 6.54 Å². The second-order valence-electron chi connectivity index (χ2n) is 6.31. The van der Waals surface area contributed by atoms with Crippen LogP contribution in [0.15, 0.2) is 0 Å². The van der Waals surface area contributed by atoms with E-state index in [2.05, 4.69) is 31.4 Å². The number of hydrogen-bond donors (Lipinski definition) is 3. The van der Waals surface area contributed by atoms with Crippen molar-refractivity contribution in [2.24, 2.45) is 0 Å². The lowest BCUT2D eigenvalue weighted by Gasteiger charge is -2.23. The standard InChI is InChI=1S/C14H28N2O2/c1-14(2,3)15-10-9-13(18)16-11-7-5-4-6-8-12(11)17/h11-12,15,17H,4-10H2,1-3H3,(H,16,18). The van der Waals surface area contributed by atoms with E-state index in [1.165, 1.54) is 0 Å². The van der Waals surface area contributed by atoms with Crippen molar-refractivity contribution in [3.63, 3.8) is 0 Å². The summed E-state index contributed by atoms with van der Waals surface area (Å²) in [7, 11) is 0. The minimum atomic E-state index is -0.368. The van der Waals surface area contributed by atoms with Gasteiger partial charge >= 0.3 is 0 Å². The van der Waals surface area contributed by atoms with Gasteiger partial charge in [-0.25, -0.2) is 0 Å². The van der Waals surface area contributed by atoms with E-state index in [9.17, 15) is 9.90 Å². The molecule has 1 saturated carbocycles. The molecule has 2 atom stereocenters. The van der Waals surface area contributed by atoms with E-state index in [-0.39, 0.29) is 23.6 Å². The number of nitrogens with one attached hydrogen (secondary N) is 2. The van der Waals surface area contributed by atoms with Gasteiger partial charge in [0.1, 0.15) is 0 Å². The summed E-state index contributed by atoms with van der Waals surface area (Å²) in [5, 5.41) is 16.2. The molecule has 106 valence electrons. The highest BCUT2D eigenvalue weighted by atomic mass is 16.3. The lowest BCUT2D eigenvalue weighted by atomic mass is 10.1. The van der Waals surface area contributed by atoms with Gasteiger partial charge in [-0.3, -0.25) is 4.79 Å². The van der Waals surface area contributed by atoms with Gasteiger partial charge in [-0.2, -0.15) is 0 Å². The summed E-state index contributed by atoms with van der Waals surface area (Å²) in [5.74, 6) is 0.0395. The average Bonchev–Trinajstić information content (AvgIpc) is 2.42. The third-order valence-electron chi connectivity index (χ3n) is 3.33. The Morgan fingerprint density at radius 2 is 1.89 bits per heavy atom. The molecular formula is C14H28N2O2. The zero-order chi connectivity index (χ0) is 13.6. The van der Waals surface area contributed by atoms with Gasteiger partial charge in [0.05, 0.1) is 12.1 Å². The third kappa shape index (κ3) is 6.36. The fourth-order valence-corrected chi connectivity index (χ4v) is 2.29. The zero-order valence-electron chi connectivity index (χ0n) is 12.0. The number of carbonyl (C=O) groups excluding carboxylic acids is 1. The first-order valence-corrected chi connectivity index (χ1v) is 7.11. The fourth-order valence-electron chi connectivity index (χ4n) is 2.29. The van der Waals surface area contributed by atoms with E-state index in [0.717, 1.165) is 32.1 Å². The van der Waals surface area contributed by atoms with Crippen molar-refractivity contribution in [1.82, 2.24) is 10.6 Å². The lowest BCUT2D eigenvalue weighted by molar-refractivity contribution is -0.122. The topological polar surface area (TPSA) is 61.4 Å². The Bertz CT molecular complexity index is 261. The molecule has 4 heteroatoms. The van der Waals surface area contributed by atoms with Gasteiger partial charge in [-0.15, -0.1) is 0 Å². The highest BCUT2D eigenvalue weighted by molar-refractivity contribution is 5.76. The maximum absolute atomic E-state index is 11.8. The first kappa shape index (κ1) is 15.4. The van der Waals surface area contributed by atoms with E-state index in [1.807, 2.05) is 0 Å². The van der Waals surface area contributed by atoms with Crippen molar-refractivity contribution >= 4 is 5.91 Å². The second kappa shape index (κ2) is 7.10. The van der Waals surface area contributed by atoms with Crippen LogP contribution >= 0.6 is 0 Å². The Labute approximate surface area is 111 Å². The number of aliphatic hydroxyl groups excluding tert-OH is 1. The number of aliphatic hydroxyl groups is 1. The van der Waals surface area contributed by atoms with Gasteiger partial charge in [0, 0.05) is 18.5 Å². The molecule has 1 rings (SSSR count). The maximum atomic E-state index is 11.8. The zero-order valence-corrected chi connectivity index (χ0v) is 12.0. The molecule has 3 N–H and O–H groups in total. The Kier molecular flexibility index (Phi) is 6.09. The number of carbonyl (C=O) groups is 1. The van der Waals surface area contributed by atoms with Crippen LogP contribution in [-0.2, 0) is 4.79 Å². The van der Waals surface area contributed by atoms with Crippen molar-refractivity contribution in [3.8, 4) is 0 Å². The normalized spacial score (nSPS) is 25.6. The Balaban J connectivity index is 2.26.